The Bertz CT molecular complexity index is 696. The first kappa shape index (κ1) is 15.8. The number of anilines is 1. The fraction of sp³-hybridized carbons (Fsp3) is 0.350. The summed E-state index contributed by atoms with van der Waals surface area (Å²) in [6.45, 7) is 8.64. The average Bonchev–Trinajstić information content (AvgIpc) is 2.56. The van der Waals surface area contributed by atoms with Crippen LogP contribution < -0.4 is 4.90 Å². The standard InChI is InChI=1S/C20H24N2O/c1-15-9-10-16(2)19(13-15)22-12-11-21(17(3)20(22)23)14-18-7-5-4-6-8-18/h4-10,13,17H,11-12,14H2,1-3H3/t17-/m1/s1. The predicted molar refractivity (Wildman–Crippen MR) is 94.6 cm³/mol. The van der Waals surface area contributed by atoms with E-state index in [1.807, 2.05) is 30.0 Å². The zero-order valence-corrected chi connectivity index (χ0v) is 14.1. The van der Waals surface area contributed by atoms with Crippen LogP contribution in [-0.2, 0) is 11.3 Å². The maximum absolute atomic E-state index is 12.9. The van der Waals surface area contributed by atoms with Crippen molar-refractivity contribution in [2.45, 2.75) is 33.4 Å². The molecule has 0 bridgehead atoms. The number of piperazine rings is 1. The first-order valence-electron chi connectivity index (χ1n) is 8.23. The average molecular weight is 308 g/mol. The molecule has 3 nitrogen and oxygen atoms in total. The molecule has 3 heteroatoms. The first-order chi connectivity index (χ1) is 11.1. The van der Waals surface area contributed by atoms with Crippen LogP contribution in [0.25, 0.3) is 0 Å². The van der Waals surface area contributed by atoms with Crippen molar-refractivity contribution in [3.63, 3.8) is 0 Å². The van der Waals surface area contributed by atoms with Crippen LogP contribution in [0.15, 0.2) is 48.5 Å². The smallest absolute Gasteiger partial charge is 0.244 e. The molecule has 1 aliphatic heterocycles. The molecule has 2 aromatic carbocycles. The Kier molecular flexibility index (Phi) is 4.49. The Morgan fingerprint density at radius 3 is 2.52 bits per heavy atom. The summed E-state index contributed by atoms with van der Waals surface area (Å²) in [6.07, 6.45) is 0. The zero-order chi connectivity index (χ0) is 16.4. The number of nitrogens with zero attached hydrogens (tertiary/aromatic N) is 2. The van der Waals surface area contributed by atoms with Crippen LogP contribution in [-0.4, -0.2) is 29.9 Å². The maximum Gasteiger partial charge on any atom is 0.244 e. The summed E-state index contributed by atoms with van der Waals surface area (Å²) in [6, 6.07) is 16.6. The van der Waals surface area contributed by atoms with E-state index < -0.39 is 0 Å². The van der Waals surface area contributed by atoms with Crippen molar-refractivity contribution >= 4 is 11.6 Å². The van der Waals surface area contributed by atoms with Gasteiger partial charge in [0, 0.05) is 25.3 Å². The number of rotatable bonds is 3. The summed E-state index contributed by atoms with van der Waals surface area (Å²) in [5.74, 6) is 0.195. The van der Waals surface area contributed by atoms with Crippen LogP contribution in [0.4, 0.5) is 5.69 Å². The van der Waals surface area contributed by atoms with E-state index in [2.05, 4.69) is 49.1 Å². The van der Waals surface area contributed by atoms with E-state index >= 15 is 0 Å². The lowest BCUT2D eigenvalue weighted by atomic mass is 10.1. The van der Waals surface area contributed by atoms with Gasteiger partial charge in [-0.05, 0) is 43.5 Å². The molecule has 0 aliphatic carbocycles. The fourth-order valence-corrected chi connectivity index (χ4v) is 3.20. The molecule has 1 amide bonds. The van der Waals surface area contributed by atoms with E-state index in [-0.39, 0.29) is 11.9 Å². The molecule has 0 aromatic heterocycles. The summed E-state index contributed by atoms with van der Waals surface area (Å²) >= 11 is 0. The van der Waals surface area contributed by atoms with Gasteiger partial charge in [-0.15, -0.1) is 0 Å². The minimum absolute atomic E-state index is 0.0936. The Morgan fingerprint density at radius 2 is 1.78 bits per heavy atom. The number of carbonyl (C=O) groups excluding carboxylic acids is 1. The van der Waals surface area contributed by atoms with Crippen LogP contribution >= 0.6 is 0 Å². The lowest BCUT2D eigenvalue weighted by Gasteiger charge is -2.39. The van der Waals surface area contributed by atoms with E-state index in [0.717, 1.165) is 30.9 Å². The van der Waals surface area contributed by atoms with Crippen LogP contribution in [0.5, 0.6) is 0 Å². The molecule has 2 aromatic rings. The van der Waals surface area contributed by atoms with Gasteiger partial charge < -0.3 is 4.90 Å². The highest BCUT2D eigenvalue weighted by molar-refractivity contribution is 5.98. The van der Waals surface area contributed by atoms with Crippen molar-refractivity contribution in [1.82, 2.24) is 4.90 Å². The molecule has 1 fully saturated rings. The molecule has 1 aliphatic rings. The number of benzene rings is 2. The van der Waals surface area contributed by atoms with Crippen LogP contribution in [0.2, 0.25) is 0 Å². The number of aryl methyl sites for hydroxylation is 2. The second kappa shape index (κ2) is 6.55. The zero-order valence-electron chi connectivity index (χ0n) is 14.1. The highest BCUT2D eigenvalue weighted by Crippen LogP contribution is 2.26. The minimum atomic E-state index is -0.0936. The first-order valence-corrected chi connectivity index (χ1v) is 8.23. The van der Waals surface area contributed by atoms with E-state index in [9.17, 15) is 4.79 Å². The monoisotopic (exact) mass is 308 g/mol. The summed E-state index contributed by atoms with van der Waals surface area (Å²) < 4.78 is 0. The SMILES string of the molecule is Cc1ccc(C)c(N2CCN(Cc3ccccc3)[C@H](C)C2=O)c1. The van der Waals surface area contributed by atoms with Gasteiger partial charge in [0.15, 0.2) is 0 Å². The molecule has 0 unspecified atom stereocenters. The van der Waals surface area contributed by atoms with Gasteiger partial charge >= 0.3 is 0 Å². The van der Waals surface area contributed by atoms with Crippen molar-refractivity contribution in [1.29, 1.82) is 0 Å². The normalized spacial score (nSPS) is 19.2. The Morgan fingerprint density at radius 1 is 1.04 bits per heavy atom. The number of hydrogen-bond donors (Lipinski definition) is 0. The summed E-state index contributed by atoms with van der Waals surface area (Å²) in [7, 11) is 0. The highest BCUT2D eigenvalue weighted by Gasteiger charge is 2.32. The molecule has 3 rings (SSSR count). The third-order valence-corrected chi connectivity index (χ3v) is 4.67. The maximum atomic E-state index is 12.9. The molecule has 120 valence electrons. The van der Waals surface area contributed by atoms with Crippen molar-refractivity contribution < 1.29 is 4.79 Å². The summed E-state index contributed by atoms with van der Waals surface area (Å²) in [5, 5.41) is 0. The Hall–Kier alpha value is -2.13. The minimum Gasteiger partial charge on any atom is -0.310 e. The topological polar surface area (TPSA) is 23.6 Å². The van der Waals surface area contributed by atoms with Crippen molar-refractivity contribution in [3.8, 4) is 0 Å². The molecular weight excluding hydrogens is 284 g/mol. The van der Waals surface area contributed by atoms with E-state index in [1.165, 1.54) is 11.1 Å². The van der Waals surface area contributed by atoms with Gasteiger partial charge in [0.25, 0.3) is 0 Å². The lowest BCUT2D eigenvalue weighted by Crippen LogP contribution is -2.55. The third kappa shape index (κ3) is 3.30. The van der Waals surface area contributed by atoms with Gasteiger partial charge in [0.1, 0.15) is 0 Å². The van der Waals surface area contributed by atoms with Gasteiger partial charge in [-0.2, -0.15) is 0 Å². The predicted octanol–water partition coefficient (Wildman–Crippen LogP) is 3.54. The molecule has 1 saturated heterocycles. The second-order valence-corrected chi connectivity index (χ2v) is 6.41. The number of amides is 1. The summed E-state index contributed by atoms with van der Waals surface area (Å²) in [4.78, 5) is 17.1. The van der Waals surface area contributed by atoms with Crippen LogP contribution in [0.3, 0.4) is 0 Å². The number of hydrogen-bond acceptors (Lipinski definition) is 2. The van der Waals surface area contributed by atoms with Gasteiger partial charge in [-0.3, -0.25) is 9.69 Å². The van der Waals surface area contributed by atoms with Gasteiger partial charge in [-0.25, -0.2) is 0 Å². The number of carbonyl (C=O) groups is 1. The largest absolute Gasteiger partial charge is 0.310 e. The van der Waals surface area contributed by atoms with E-state index in [4.69, 9.17) is 0 Å². The van der Waals surface area contributed by atoms with Gasteiger partial charge in [0.05, 0.1) is 6.04 Å². The van der Waals surface area contributed by atoms with E-state index in [1.54, 1.807) is 0 Å². The highest BCUT2D eigenvalue weighted by atomic mass is 16.2. The summed E-state index contributed by atoms with van der Waals surface area (Å²) in [5.41, 5.74) is 4.67. The van der Waals surface area contributed by atoms with Crippen molar-refractivity contribution in [2.75, 3.05) is 18.0 Å². The van der Waals surface area contributed by atoms with Crippen molar-refractivity contribution in [3.05, 3.63) is 65.2 Å². The Labute approximate surface area is 138 Å². The van der Waals surface area contributed by atoms with Crippen LogP contribution in [0, 0.1) is 13.8 Å². The molecule has 0 spiro atoms. The third-order valence-electron chi connectivity index (χ3n) is 4.67. The molecule has 1 atom stereocenters. The molecule has 23 heavy (non-hydrogen) atoms. The molecule has 0 radical (unpaired) electrons. The fourth-order valence-electron chi connectivity index (χ4n) is 3.20. The molecule has 1 heterocycles. The van der Waals surface area contributed by atoms with E-state index in [0.29, 0.717) is 0 Å². The molecule has 0 N–H and O–H groups in total. The Balaban J connectivity index is 1.77. The van der Waals surface area contributed by atoms with Crippen LogP contribution in [0.1, 0.15) is 23.6 Å². The van der Waals surface area contributed by atoms with Gasteiger partial charge in [0.2, 0.25) is 5.91 Å². The van der Waals surface area contributed by atoms with Crippen molar-refractivity contribution in [2.24, 2.45) is 0 Å². The lowest BCUT2D eigenvalue weighted by molar-refractivity contribution is -0.125. The molecule has 0 saturated carbocycles. The second-order valence-electron chi connectivity index (χ2n) is 6.41. The van der Waals surface area contributed by atoms with Gasteiger partial charge in [-0.1, -0.05) is 42.5 Å². The quantitative estimate of drug-likeness (QED) is 0.866. The molecular formula is C20H24N2O.